The van der Waals surface area contributed by atoms with Crippen molar-refractivity contribution in [2.45, 2.75) is 90.6 Å². The van der Waals surface area contributed by atoms with Crippen LogP contribution in [0, 0.1) is 5.92 Å². The molecule has 1 aliphatic rings. The monoisotopic (exact) mass is 268 g/mol. The van der Waals surface area contributed by atoms with Gasteiger partial charge in [-0.3, -0.25) is 4.90 Å². The maximum absolute atomic E-state index is 6.26. The van der Waals surface area contributed by atoms with Gasteiger partial charge >= 0.3 is 0 Å². The van der Waals surface area contributed by atoms with Crippen molar-refractivity contribution in [2.24, 2.45) is 11.7 Å². The molecule has 0 aliphatic heterocycles. The van der Waals surface area contributed by atoms with E-state index in [1.165, 1.54) is 57.9 Å². The van der Waals surface area contributed by atoms with Crippen LogP contribution in [-0.4, -0.2) is 29.6 Å². The SMILES string of the molecule is CCCCC(CC)(CN)N(CC(C)C)C1CCCC1. The topological polar surface area (TPSA) is 29.3 Å². The van der Waals surface area contributed by atoms with E-state index in [0.29, 0.717) is 0 Å². The average Bonchev–Trinajstić information content (AvgIpc) is 2.92. The van der Waals surface area contributed by atoms with Crippen molar-refractivity contribution < 1.29 is 0 Å². The number of hydrogen-bond acceptors (Lipinski definition) is 2. The second kappa shape index (κ2) is 8.26. The third-order valence-corrected chi connectivity index (χ3v) is 4.97. The van der Waals surface area contributed by atoms with Crippen molar-refractivity contribution >= 4 is 0 Å². The molecule has 0 radical (unpaired) electrons. The van der Waals surface area contributed by atoms with Crippen molar-refractivity contribution in [3.8, 4) is 0 Å². The average molecular weight is 268 g/mol. The van der Waals surface area contributed by atoms with Crippen molar-refractivity contribution in [2.75, 3.05) is 13.1 Å². The molecule has 19 heavy (non-hydrogen) atoms. The molecule has 2 heteroatoms. The number of hydrogen-bond donors (Lipinski definition) is 1. The zero-order valence-corrected chi connectivity index (χ0v) is 13.8. The number of rotatable bonds is 9. The third kappa shape index (κ3) is 4.46. The van der Waals surface area contributed by atoms with Gasteiger partial charge in [0.25, 0.3) is 0 Å². The Bertz CT molecular complexity index is 227. The van der Waals surface area contributed by atoms with Crippen LogP contribution in [-0.2, 0) is 0 Å². The first-order valence-electron chi connectivity index (χ1n) is 8.56. The van der Waals surface area contributed by atoms with Gasteiger partial charge in [-0.15, -0.1) is 0 Å². The highest BCUT2D eigenvalue weighted by Crippen LogP contribution is 2.34. The fourth-order valence-electron chi connectivity index (χ4n) is 3.73. The van der Waals surface area contributed by atoms with Crippen molar-refractivity contribution in [3.63, 3.8) is 0 Å². The Labute approximate surface area is 121 Å². The number of unbranched alkanes of at least 4 members (excludes halogenated alkanes) is 1. The van der Waals surface area contributed by atoms with Crippen molar-refractivity contribution in [1.82, 2.24) is 4.90 Å². The lowest BCUT2D eigenvalue weighted by atomic mass is 9.85. The molecule has 1 unspecified atom stereocenters. The highest BCUT2D eigenvalue weighted by molar-refractivity contribution is 4.95. The van der Waals surface area contributed by atoms with Gasteiger partial charge in [-0.25, -0.2) is 0 Å². The lowest BCUT2D eigenvalue weighted by molar-refractivity contribution is 0.0262. The van der Waals surface area contributed by atoms with Crippen LogP contribution >= 0.6 is 0 Å². The molecule has 1 aliphatic carbocycles. The van der Waals surface area contributed by atoms with E-state index in [1.807, 2.05) is 0 Å². The van der Waals surface area contributed by atoms with E-state index in [4.69, 9.17) is 5.73 Å². The first-order chi connectivity index (χ1) is 9.09. The number of nitrogens with two attached hydrogens (primary N) is 1. The Balaban J connectivity index is 2.87. The van der Waals surface area contributed by atoms with Gasteiger partial charge in [0.15, 0.2) is 0 Å². The molecule has 0 bridgehead atoms. The summed E-state index contributed by atoms with van der Waals surface area (Å²) in [7, 11) is 0. The molecule has 0 aromatic rings. The summed E-state index contributed by atoms with van der Waals surface area (Å²) in [5, 5.41) is 0. The standard InChI is InChI=1S/C17H36N2/c1-5-7-12-17(6-2,14-18)19(13-15(3)4)16-10-8-9-11-16/h15-16H,5-14,18H2,1-4H3. The molecule has 1 atom stereocenters. The van der Waals surface area contributed by atoms with E-state index in [-0.39, 0.29) is 5.54 Å². The summed E-state index contributed by atoms with van der Waals surface area (Å²) in [4.78, 5) is 2.82. The van der Waals surface area contributed by atoms with Gasteiger partial charge in [0.2, 0.25) is 0 Å². The van der Waals surface area contributed by atoms with Crippen LogP contribution < -0.4 is 5.73 Å². The van der Waals surface area contributed by atoms with Gasteiger partial charge < -0.3 is 5.73 Å². The molecule has 0 aromatic heterocycles. The fraction of sp³-hybridized carbons (Fsp3) is 1.00. The van der Waals surface area contributed by atoms with E-state index in [9.17, 15) is 0 Å². The molecule has 2 N–H and O–H groups in total. The Morgan fingerprint density at radius 1 is 1.21 bits per heavy atom. The quantitative estimate of drug-likeness (QED) is 0.679. The van der Waals surface area contributed by atoms with E-state index in [0.717, 1.165) is 18.5 Å². The van der Waals surface area contributed by atoms with Crippen LogP contribution in [0.5, 0.6) is 0 Å². The van der Waals surface area contributed by atoms with Crippen LogP contribution in [0.1, 0.15) is 79.1 Å². The molecular formula is C17H36N2. The van der Waals surface area contributed by atoms with Crippen molar-refractivity contribution in [3.05, 3.63) is 0 Å². The van der Waals surface area contributed by atoms with Gasteiger partial charge in [0, 0.05) is 24.7 Å². The predicted octanol–water partition coefficient (Wildman–Crippen LogP) is 4.18. The lowest BCUT2D eigenvalue weighted by Crippen LogP contribution is -2.58. The first kappa shape index (κ1) is 17.0. The van der Waals surface area contributed by atoms with E-state index in [1.54, 1.807) is 0 Å². The van der Waals surface area contributed by atoms with Gasteiger partial charge in [-0.2, -0.15) is 0 Å². The van der Waals surface area contributed by atoms with E-state index < -0.39 is 0 Å². The summed E-state index contributed by atoms with van der Waals surface area (Å²) in [6.07, 6.45) is 10.7. The minimum Gasteiger partial charge on any atom is -0.329 e. The molecular weight excluding hydrogens is 232 g/mol. The first-order valence-corrected chi connectivity index (χ1v) is 8.56. The Morgan fingerprint density at radius 2 is 1.84 bits per heavy atom. The van der Waals surface area contributed by atoms with Crippen LogP contribution in [0.2, 0.25) is 0 Å². The van der Waals surface area contributed by atoms with Crippen molar-refractivity contribution in [1.29, 1.82) is 0 Å². The highest BCUT2D eigenvalue weighted by Gasteiger charge is 2.38. The third-order valence-electron chi connectivity index (χ3n) is 4.97. The smallest absolute Gasteiger partial charge is 0.0332 e. The Morgan fingerprint density at radius 3 is 2.26 bits per heavy atom. The van der Waals surface area contributed by atoms with E-state index in [2.05, 4.69) is 32.6 Å². The molecule has 0 aromatic carbocycles. The number of nitrogens with zero attached hydrogens (tertiary/aromatic N) is 1. The maximum atomic E-state index is 6.26. The summed E-state index contributed by atoms with van der Waals surface area (Å²) in [5.74, 6) is 0.736. The van der Waals surface area contributed by atoms with Crippen LogP contribution in [0.3, 0.4) is 0 Å². The zero-order chi connectivity index (χ0) is 14.3. The molecule has 114 valence electrons. The normalized spacial score (nSPS) is 20.4. The molecule has 1 rings (SSSR count). The second-order valence-electron chi connectivity index (χ2n) is 6.87. The molecule has 0 saturated heterocycles. The molecule has 1 saturated carbocycles. The Kier molecular flexibility index (Phi) is 7.38. The fourth-order valence-corrected chi connectivity index (χ4v) is 3.73. The largest absolute Gasteiger partial charge is 0.329 e. The summed E-state index contributed by atoms with van der Waals surface area (Å²) >= 11 is 0. The van der Waals surface area contributed by atoms with Gasteiger partial charge in [-0.05, 0) is 31.6 Å². The minimum absolute atomic E-state index is 0.259. The predicted molar refractivity (Wildman–Crippen MR) is 85.4 cm³/mol. The van der Waals surface area contributed by atoms with Crippen LogP contribution in [0.25, 0.3) is 0 Å². The molecule has 0 spiro atoms. The van der Waals surface area contributed by atoms with Crippen LogP contribution in [0.15, 0.2) is 0 Å². The Hall–Kier alpha value is -0.0800. The highest BCUT2D eigenvalue weighted by atomic mass is 15.2. The molecule has 1 fully saturated rings. The lowest BCUT2D eigenvalue weighted by Gasteiger charge is -2.47. The molecule has 0 amide bonds. The summed E-state index contributed by atoms with van der Waals surface area (Å²) in [5.41, 5.74) is 6.52. The summed E-state index contributed by atoms with van der Waals surface area (Å²) < 4.78 is 0. The zero-order valence-electron chi connectivity index (χ0n) is 13.8. The molecule has 0 heterocycles. The summed E-state index contributed by atoms with van der Waals surface area (Å²) in [6.45, 7) is 11.4. The summed E-state index contributed by atoms with van der Waals surface area (Å²) in [6, 6.07) is 0.794. The molecule has 2 nitrogen and oxygen atoms in total. The second-order valence-corrected chi connectivity index (χ2v) is 6.87. The van der Waals surface area contributed by atoms with E-state index >= 15 is 0 Å². The minimum atomic E-state index is 0.259. The van der Waals surface area contributed by atoms with Crippen LogP contribution in [0.4, 0.5) is 0 Å². The maximum Gasteiger partial charge on any atom is 0.0332 e. The van der Waals surface area contributed by atoms with Gasteiger partial charge in [0.05, 0.1) is 0 Å². The van der Waals surface area contributed by atoms with Gasteiger partial charge in [0.1, 0.15) is 0 Å². The van der Waals surface area contributed by atoms with Gasteiger partial charge in [-0.1, -0.05) is 53.4 Å².